The van der Waals surface area contributed by atoms with E-state index in [2.05, 4.69) is 26.1 Å². The summed E-state index contributed by atoms with van der Waals surface area (Å²) < 4.78 is 0. The molecule has 1 aliphatic heterocycles. The van der Waals surface area contributed by atoms with Gasteiger partial charge >= 0.3 is 0 Å². The van der Waals surface area contributed by atoms with Crippen molar-refractivity contribution in [2.45, 2.75) is 59.2 Å². The van der Waals surface area contributed by atoms with Gasteiger partial charge in [0.2, 0.25) is 5.91 Å². The fraction of sp³-hybridized carbons (Fsp3) is 0.917. The summed E-state index contributed by atoms with van der Waals surface area (Å²) >= 11 is 0. The SMILES string of the molecule is CCCC1NC(C)C(=O)N1CCC(C)C. The van der Waals surface area contributed by atoms with Gasteiger partial charge in [-0.15, -0.1) is 0 Å². The molecule has 0 radical (unpaired) electrons. The van der Waals surface area contributed by atoms with Crippen molar-refractivity contribution in [2.24, 2.45) is 5.92 Å². The minimum atomic E-state index is 0.00807. The Hall–Kier alpha value is -0.570. The van der Waals surface area contributed by atoms with E-state index in [4.69, 9.17) is 0 Å². The molecule has 0 aromatic rings. The highest BCUT2D eigenvalue weighted by molar-refractivity contribution is 5.83. The molecular weight excluding hydrogens is 188 g/mol. The molecule has 0 aromatic heterocycles. The van der Waals surface area contributed by atoms with Crippen LogP contribution in [0.2, 0.25) is 0 Å². The Labute approximate surface area is 93.2 Å². The number of nitrogens with one attached hydrogen (secondary N) is 1. The Kier molecular flexibility index (Phi) is 4.58. The molecule has 2 unspecified atom stereocenters. The highest BCUT2D eigenvalue weighted by atomic mass is 16.2. The van der Waals surface area contributed by atoms with Crippen LogP contribution in [0.1, 0.15) is 47.0 Å². The summed E-state index contributed by atoms with van der Waals surface area (Å²) in [5.41, 5.74) is 0. The Morgan fingerprint density at radius 1 is 1.47 bits per heavy atom. The number of amides is 1. The van der Waals surface area contributed by atoms with Gasteiger partial charge in [0, 0.05) is 6.54 Å². The molecule has 2 atom stereocenters. The van der Waals surface area contributed by atoms with Crippen molar-refractivity contribution in [2.75, 3.05) is 6.54 Å². The second kappa shape index (κ2) is 5.50. The molecule has 88 valence electrons. The van der Waals surface area contributed by atoms with Crippen LogP contribution < -0.4 is 5.32 Å². The highest BCUT2D eigenvalue weighted by Gasteiger charge is 2.34. The summed E-state index contributed by atoms with van der Waals surface area (Å²) in [5, 5.41) is 3.35. The molecule has 1 aliphatic rings. The first-order valence-corrected chi connectivity index (χ1v) is 6.12. The third kappa shape index (κ3) is 3.20. The maximum Gasteiger partial charge on any atom is 0.240 e. The number of nitrogens with zero attached hydrogens (tertiary/aromatic N) is 1. The first kappa shape index (κ1) is 12.5. The number of rotatable bonds is 5. The lowest BCUT2D eigenvalue weighted by Gasteiger charge is -2.24. The fourth-order valence-corrected chi connectivity index (χ4v) is 2.03. The van der Waals surface area contributed by atoms with E-state index >= 15 is 0 Å². The van der Waals surface area contributed by atoms with Gasteiger partial charge in [-0.25, -0.2) is 0 Å². The maximum absolute atomic E-state index is 11.9. The molecule has 1 heterocycles. The zero-order valence-electron chi connectivity index (χ0n) is 10.4. The molecule has 1 fully saturated rings. The standard InChI is InChI=1S/C12H24N2O/c1-5-6-11-13-10(4)12(15)14(11)8-7-9(2)3/h9-11,13H,5-8H2,1-4H3. The van der Waals surface area contributed by atoms with E-state index in [1.54, 1.807) is 0 Å². The largest absolute Gasteiger partial charge is 0.326 e. The van der Waals surface area contributed by atoms with Crippen LogP contribution in [0.25, 0.3) is 0 Å². The lowest BCUT2D eigenvalue weighted by Crippen LogP contribution is -2.38. The van der Waals surface area contributed by atoms with Crippen LogP contribution in [-0.4, -0.2) is 29.6 Å². The molecular formula is C12H24N2O. The van der Waals surface area contributed by atoms with Gasteiger partial charge in [0.15, 0.2) is 0 Å². The quantitative estimate of drug-likeness (QED) is 0.755. The monoisotopic (exact) mass is 212 g/mol. The van der Waals surface area contributed by atoms with Gasteiger partial charge in [-0.2, -0.15) is 0 Å². The first-order valence-electron chi connectivity index (χ1n) is 6.12. The number of hydrogen-bond acceptors (Lipinski definition) is 2. The number of hydrogen-bond donors (Lipinski definition) is 1. The topological polar surface area (TPSA) is 32.3 Å². The van der Waals surface area contributed by atoms with E-state index in [1.807, 2.05) is 11.8 Å². The molecule has 15 heavy (non-hydrogen) atoms. The van der Waals surface area contributed by atoms with E-state index in [9.17, 15) is 4.79 Å². The molecule has 0 bridgehead atoms. The van der Waals surface area contributed by atoms with Crippen molar-refractivity contribution in [3.05, 3.63) is 0 Å². The van der Waals surface area contributed by atoms with Gasteiger partial charge in [-0.3, -0.25) is 10.1 Å². The third-order valence-electron chi connectivity index (χ3n) is 2.98. The molecule has 3 heteroatoms. The molecule has 0 aromatic carbocycles. The van der Waals surface area contributed by atoms with Crippen molar-refractivity contribution in [1.29, 1.82) is 0 Å². The van der Waals surface area contributed by atoms with Crippen LogP contribution >= 0.6 is 0 Å². The molecule has 1 saturated heterocycles. The van der Waals surface area contributed by atoms with Crippen molar-refractivity contribution in [3.8, 4) is 0 Å². The van der Waals surface area contributed by atoms with Crippen LogP contribution in [0.5, 0.6) is 0 Å². The van der Waals surface area contributed by atoms with Crippen LogP contribution in [0.4, 0.5) is 0 Å². The van der Waals surface area contributed by atoms with Gasteiger partial charge in [0.1, 0.15) is 0 Å². The lowest BCUT2D eigenvalue weighted by atomic mass is 10.1. The molecule has 1 N–H and O–H groups in total. The van der Waals surface area contributed by atoms with E-state index in [-0.39, 0.29) is 18.1 Å². The van der Waals surface area contributed by atoms with Crippen molar-refractivity contribution < 1.29 is 4.79 Å². The van der Waals surface area contributed by atoms with Crippen molar-refractivity contribution in [1.82, 2.24) is 10.2 Å². The Morgan fingerprint density at radius 3 is 2.67 bits per heavy atom. The van der Waals surface area contributed by atoms with E-state index < -0.39 is 0 Å². The summed E-state index contributed by atoms with van der Waals surface area (Å²) in [7, 11) is 0. The second-order valence-electron chi connectivity index (χ2n) is 4.91. The Balaban J connectivity index is 2.52. The van der Waals surface area contributed by atoms with Gasteiger partial charge < -0.3 is 4.90 Å². The summed E-state index contributed by atoms with van der Waals surface area (Å²) in [6.45, 7) is 9.42. The van der Waals surface area contributed by atoms with Gasteiger partial charge in [-0.1, -0.05) is 27.2 Å². The molecule has 0 saturated carbocycles. The van der Waals surface area contributed by atoms with E-state index in [0.29, 0.717) is 5.92 Å². The summed E-state index contributed by atoms with van der Waals surface area (Å²) in [4.78, 5) is 13.9. The van der Waals surface area contributed by atoms with Gasteiger partial charge in [-0.05, 0) is 25.7 Å². The Morgan fingerprint density at radius 2 is 2.13 bits per heavy atom. The molecule has 0 spiro atoms. The van der Waals surface area contributed by atoms with Crippen LogP contribution in [-0.2, 0) is 4.79 Å². The molecule has 1 amide bonds. The zero-order chi connectivity index (χ0) is 11.4. The smallest absolute Gasteiger partial charge is 0.240 e. The lowest BCUT2D eigenvalue weighted by molar-refractivity contribution is -0.129. The minimum absolute atomic E-state index is 0.00807. The third-order valence-corrected chi connectivity index (χ3v) is 2.98. The van der Waals surface area contributed by atoms with E-state index in [0.717, 1.165) is 25.8 Å². The average Bonchev–Trinajstić information content (AvgIpc) is 2.41. The number of carbonyl (C=O) groups excluding carboxylic acids is 1. The average molecular weight is 212 g/mol. The van der Waals surface area contributed by atoms with Crippen LogP contribution in [0.3, 0.4) is 0 Å². The zero-order valence-corrected chi connectivity index (χ0v) is 10.4. The normalized spacial score (nSPS) is 26.7. The first-order chi connectivity index (χ1) is 7.06. The predicted octanol–water partition coefficient (Wildman–Crippen LogP) is 1.98. The predicted molar refractivity (Wildman–Crippen MR) is 62.5 cm³/mol. The van der Waals surface area contributed by atoms with Gasteiger partial charge in [0.05, 0.1) is 12.2 Å². The second-order valence-corrected chi connectivity index (χ2v) is 4.91. The van der Waals surface area contributed by atoms with Crippen LogP contribution in [0, 0.1) is 5.92 Å². The van der Waals surface area contributed by atoms with Crippen molar-refractivity contribution in [3.63, 3.8) is 0 Å². The molecule has 0 aliphatic carbocycles. The van der Waals surface area contributed by atoms with Crippen LogP contribution in [0.15, 0.2) is 0 Å². The maximum atomic E-state index is 11.9. The Bertz CT molecular complexity index is 216. The minimum Gasteiger partial charge on any atom is -0.326 e. The molecule has 3 nitrogen and oxygen atoms in total. The molecule has 1 rings (SSSR count). The van der Waals surface area contributed by atoms with Gasteiger partial charge in [0.25, 0.3) is 0 Å². The highest BCUT2D eigenvalue weighted by Crippen LogP contribution is 2.16. The van der Waals surface area contributed by atoms with E-state index in [1.165, 1.54) is 0 Å². The summed E-state index contributed by atoms with van der Waals surface area (Å²) in [6, 6.07) is 0.00807. The van der Waals surface area contributed by atoms with Crippen molar-refractivity contribution >= 4 is 5.91 Å². The summed E-state index contributed by atoms with van der Waals surface area (Å²) in [6.07, 6.45) is 3.56. The fourth-order valence-electron chi connectivity index (χ4n) is 2.03. The number of carbonyl (C=O) groups is 1. The summed E-state index contributed by atoms with van der Waals surface area (Å²) in [5.74, 6) is 0.935.